The van der Waals surface area contributed by atoms with E-state index in [-0.39, 0.29) is 62.9 Å². The minimum absolute atomic E-state index is 0.00711. The van der Waals surface area contributed by atoms with Crippen LogP contribution in [0.15, 0.2) is 54.7 Å². The van der Waals surface area contributed by atoms with E-state index >= 15 is 0 Å². The maximum absolute atomic E-state index is 14.7. The van der Waals surface area contributed by atoms with Crippen LogP contribution in [0, 0.1) is 5.92 Å². The number of amides is 8. The van der Waals surface area contributed by atoms with E-state index in [1.165, 1.54) is 41.0 Å². The predicted octanol–water partition coefficient (Wildman–Crippen LogP) is 0.433. The second kappa shape index (κ2) is 25.3. The van der Waals surface area contributed by atoms with Gasteiger partial charge in [-0.05, 0) is 106 Å². The van der Waals surface area contributed by atoms with Gasteiger partial charge in [-0.2, -0.15) is 0 Å². The molecule has 0 aliphatic carbocycles. The highest BCUT2D eigenvalue weighted by atomic mass is 16.4. The average Bonchev–Trinajstić information content (AvgIpc) is 4.26. The third-order valence-corrected chi connectivity index (χ3v) is 14.7. The van der Waals surface area contributed by atoms with E-state index in [1.54, 1.807) is 6.20 Å². The van der Waals surface area contributed by atoms with Gasteiger partial charge in [0, 0.05) is 49.6 Å². The molecule has 8 amide bonds. The van der Waals surface area contributed by atoms with E-state index in [2.05, 4.69) is 36.9 Å². The van der Waals surface area contributed by atoms with Gasteiger partial charge in [-0.3, -0.25) is 43.2 Å². The van der Waals surface area contributed by atoms with Gasteiger partial charge < -0.3 is 66.9 Å². The van der Waals surface area contributed by atoms with Crippen molar-refractivity contribution in [2.45, 2.75) is 152 Å². The van der Waals surface area contributed by atoms with Crippen molar-refractivity contribution in [3.05, 3.63) is 65.9 Å². The van der Waals surface area contributed by atoms with Gasteiger partial charge in [0.2, 0.25) is 47.3 Å². The van der Waals surface area contributed by atoms with Gasteiger partial charge in [-0.1, -0.05) is 44.2 Å². The molecule has 0 saturated carbocycles. The first-order chi connectivity index (χ1) is 36.3. The lowest BCUT2D eigenvalue weighted by molar-refractivity contribution is -0.152. The normalized spacial score (nSPS) is 21.3. The third kappa shape index (κ3) is 13.8. The fourth-order valence-electron chi connectivity index (χ4n) is 10.8. The number of phenols is 1. The molecule has 7 rings (SSSR count). The fraction of sp³-hybridized carbons (Fsp3) is 0.547. The number of aliphatic carboxylic acids is 2. The summed E-state index contributed by atoms with van der Waals surface area (Å²) in [7, 11) is 0. The zero-order valence-corrected chi connectivity index (χ0v) is 43.0. The van der Waals surface area contributed by atoms with E-state index < -0.39 is 114 Å². The lowest BCUT2D eigenvalue weighted by atomic mass is 9.99. The number of carboxylic acids is 2. The van der Waals surface area contributed by atoms with Crippen LogP contribution in [0.25, 0.3) is 10.9 Å². The van der Waals surface area contributed by atoms with Crippen molar-refractivity contribution in [3.8, 4) is 5.75 Å². The Hall–Kier alpha value is -7.56. The number of phenolic OH excluding ortho intramolecular Hbond substituents is 1. The SMILES string of the molecule is CC(C)C[C@H](NC(=O)[C@@H]1CCCN1)C(=O)N[C@@H](Cc1c[nH]c2ccccc12)C(=O)N[C@@H](Cc1ccc(O)cc1)C(=O)N[C@@H](CC(=O)O)C(=O)N1CCC[C@H]1C(=O)N[C@@H](C)C(=O)N1CCC[C@H]1C(=O)N1CCC[C@H]1C(=O)O. The van der Waals surface area contributed by atoms with Crippen molar-refractivity contribution in [1.29, 1.82) is 0 Å². The van der Waals surface area contributed by atoms with Crippen molar-refractivity contribution < 1.29 is 63.3 Å². The van der Waals surface area contributed by atoms with Crippen LogP contribution < -0.4 is 31.9 Å². The second-order valence-electron chi connectivity index (χ2n) is 20.7. The minimum atomic E-state index is -1.76. The Morgan fingerprint density at radius 2 is 1.21 bits per heavy atom. The van der Waals surface area contributed by atoms with E-state index in [0.717, 1.165) is 22.2 Å². The molecule has 0 unspecified atom stereocenters. The minimum Gasteiger partial charge on any atom is -0.508 e. The van der Waals surface area contributed by atoms with Crippen LogP contribution in [0.1, 0.15) is 96.1 Å². The number of likely N-dealkylation sites (tertiary alicyclic amines) is 3. The second-order valence-corrected chi connectivity index (χ2v) is 20.7. The van der Waals surface area contributed by atoms with Gasteiger partial charge in [0.1, 0.15) is 54.1 Å². The molecule has 9 atom stereocenters. The van der Waals surface area contributed by atoms with E-state index in [9.17, 15) is 63.3 Å². The zero-order chi connectivity index (χ0) is 54.8. The molecule has 5 heterocycles. The van der Waals surface area contributed by atoms with Crippen molar-refractivity contribution in [3.63, 3.8) is 0 Å². The fourth-order valence-corrected chi connectivity index (χ4v) is 10.8. The molecule has 1 aromatic heterocycles. The molecule has 4 saturated heterocycles. The van der Waals surface area contributed by atoms with E-state index in [0.29, 0.717) is 56.2 Å². The quantitative estimate of drug-likeness (QED) is 0.0653. The van der Waals surface area contributed by atoms with Crippen molar-refractivity contribution in [2.75, 3.05) is 26.2 Å². The largest absolute Gasteiger partial charge is 0.508 e. The summed E-state index contributed by atoms with van der Waals surface area (Å²) in [5.41, 5.74) is 1.85. The number of fused-ring (bicyclic) bond motifs is 1. The number of nitrogens with one attached hydrogen (secondary N) is 7. The first kappa shape index (κ1) is 56.2. The van der Waals surface area contributed by atoms with Gasteiger partial charge in [0.05, 0.1) is 12.5 Å². The van der Waals surface area contributed by atoms with Gasteiger partial charge in [-0.25, -0.2) is 4.79 Å². The number of H-pyrrole nitrogens is 1. The molecule has 10 N–H and O–H groups in total. The molecule has 0 spiro atoms. The zero-order valence-electron chi connectivity index (χ0n) is 43.0. The highest BCUT2D eigenvalue weighted by molar-refractivity contribution is 5.99. The molecular formula is C53H70N10O13. The van der Waals surface area contributed by atoms with Gasteiger partial charge in [0.15, 0.2) is 0 Å². The Morgan fingerprint density at radius 3 is 1.84 bits per heavy atom. The lowest BCUT2D eigenvalue weighted by Crippen LogP contribution is -2.60. The molecule has 4 aliphatic heterocycles. The molecule has 4 aliphatic rings. The Bertz CT molecular complexity index is 2650. The summed E-state index contributed by atoms with van der Waals surface area (Å²) in [5, 5.41) is 47.3. The van der Waals surface area contributed by atoms with Crippen LogP contribution in [0.4, 0.5) is 0 Å². The monoisotopic (exact) mass is 1050 g/mol. The van der Waals surface area contributed by atoms with Crippen molar-refractivity contribution in [2.24, 2.45) is 5.92 Å². The van der Waals surface area contributed by atoms with Crippen LogP contribution in [0.2, 0.25) is 0 Å². The van der Waals surface area contributed by atoms with Gasteiger partial charge >= 0.3 is 11.9 Å². The number of carboxylic acid groups (broad SMARTS) is 2. The van der Waals surface area contributed by atoms with Crippen LogP contribution in [-0.2, 0) is 60.8 Å². The lowest BCUT2D eigenvalue weighted by Gasteiger charge is -2.32. The number of carbonyl (C=O) groups excluding carboxylic acids is 8. The average molecular weight is 1060 g/mol. The summed E-state index contributed by atoms with van der Waals surface area (Å²) in [6, 6.07) is 2.67. The van der Waals surface area contributed by atoms with Crippen LogP contribution in [-0.4, -0.2) is 175 Å². The summed E-state index contributed by atoms with van der Waals surface area (Å²) >= 11 is 0. The molecule has 0 radical (unpaired) electrons. The number of aromatic hydroxyl groups is 1. The summed E-state index contributed by atoms with van der Waals surface area (Å²) in [4.78, 5) is 144. The molecule has 0 bridgehead atoms. The first-order valence-electron chi connectivity index (χ1n) is 26.2. The number of aromatic amines is 1. The smallest absolute Gasteiger partial charge is 0.326 e. The number of carbonyl (C=O) groups is 10. The van der Waals surface area contributed by atoms with Crippen molar-refractivity contribution >= 4 is 70.1 Å². The maximum atomic E-state index is 14.7. The Balaban J connectivity index is 1.08. The molecule has 4 fully saturated rings. The highest BCUT2D eigenvalue weighted by Crippen LogP contribution is 2.27. The summed E-state index contributed by atoms with van der Waals surface area (Å²) in [6.07, 6.45) is 4.14. The Morgan fingerprint density at radius 1 is 0.618 bits per heavy atom. The summed E-state index contributed by atoms with van der Waals surface area (Å²) < 4.78 is 0. The Labute approximate surface area is 439 Å². The number of hydrogen-bond donors (Lipinski definition) is 10. The number of aromatic nitrogens is 1. The summed E-state index contributed by atoms with van der Waals surface area (Å²) in [5.74, 6) is -8.22. The number of nitrogens with zero attached hydrogens (tertiary/aromatic N) is 3. The molecule has 23 nitrogen and oxygen atoms in total. The summed E-state index contributed by atoms with van der Waals surface area (Å²) in [6.45, 7) is 6.31. The topological polar surface area (TPSA) is 329 Å². The van der Waals surface area contributed by atoms with Gasteiger partial charge in [-0.15, -0.1) is 0 Å². The molecule has 2 aromatic carbocycles. The van der Waals surface area contributed by atoms with E-state index in [1.807, 2.05) is 38.1 Å². The molecule has 3 aromatic rings. The predicted molar refractivity (Wildman–Crippen MR) is 274 cm³/mol. The number of para-hydroxylation sites is 1. The first-order valence-corrected chi connectivity index (χ1v) is 26.2. The molecular weight excluding hydrogens is 985 g/mol. The van der Waals surface area contributed by atoms with Crippen LogP contribution >= 0.6 is 0 Å². The standard InChI is InChI=1S/C53H70N10O13/c1-29(2)24-37(57-45(67)36-12-6-20-54-36)46(68)59-39(26-32-28-55-35-11-5-4-10-34(32)35)48(70)58-38(25-31-16-18-33(64)19-17-31)47(69)60-40(27-44(65)66)51(73)61-21-7-13-41(61)49(71)56-30(3)50(72)62-22-8-14-42(62)52(74)63-23-9-15-43(63)53(75)76/h4-5,10-11,16-19,28-30,36-43,54-55,64H,6-9,12-15,20-27H2,1-3H3,(H,56,71)(H,57,67)(H,58,70)(H,59,68)(H,60,69)(H,65,66)(H,75,76)/t30-,36-,37-,38-,39-,40-,41-,42-,43-/m0/s1. The van der Waals surface area contributed by atoms with Crippen molar-refractivity contribution in [1.82, 2.24) is 51.6 Å². The third-order valence-electron chi connectivity index (χ3n) is 14.7. The maximum Gasteiger partial charge on any atom is 0.326 e. The number of rotatable bonds is 22. The van der Waals surface area contributed by atoms with Crippen LogP contribution in [0.5, 0.6) is 5.75 Å². The van der Waals surface area contributed by atoms with Gasteiger partial charge in [0.25, 0.3) is 0 Å². The highest BCUT2D eigenvalue weighted by Gasteiger charge is 2.45. The molecule has 23 heteroatoms. The number of benzene rings is 2. The molecule has 76 heavy (non-hydrogen) atoms. The van der Waals surface area contributed by atoms with E-state index in [4.69, 9.17) is 0 Å². The molecule has 410 valence electrons. The Kier molecular flexibility index (Phi) is 18.7. The number of hydrogen-bond acceptors (Lipinski definition) is 12. The van der Waals surface area contributed by atoms with Crippen LogP contribution in [0.3, 0.4) is 0 Å².